The van der Waals surface area contributed by atoms with Crippen LogP contribution in [0.3, 0.4) is 0 Å². The van der Waals surface area contributed by atoms with Crippen molar-refractivity contribution < 1.29 is 4.79 Å². The Bertz CT molecular complexity index is 887. The van der Waals surface area contributed by atoms with E-state index in [2.05, 4.69) is 20.6 Å². The lowest BCUT2D eigenvalue weighted by Crippen LogP contribution is -2.40. The number of halogens is 1. The van der Waals surface area contributed by atoms with Crippen LogP contribution in [-0.2, 0) is 7.05 Å². The zero-order valence-corrected chi connectivity index (χ0v) is 14.4. The van der Waals surface area contributed by atoms with Crippen LogP contribution in [0.2, 0.25) is 5.02 Å². The van der Waals surface area contributed by atoms with Crippen molar-refractivity contribution in [3.05, 3.63) is 58.5 Å². The van der Waals surface area contributed by atoms with Crippen LogP contribution in [0, 0.1) is 0 Å². The van der Waals surface area contributed by atoms with Gasteiger partial charge in [-0.3, -0.25) is 4.68 Å². The molecule has 2 aromatic rings. The van der Waals surface area contributed by atoms with Crippen LogP contribution in [0.25, 0.3) is 0 Å². The van der Waals surface area contributed by atoms with Gasteiger partial charge in [-0.25, -0.2) is 4.79 Å². The minimum Gasteiger partial charge on any atom is -0.320 e. The van der Waals surface area contributed by atoms with E-state index in [0.29, 0.717) is 30.2 Å². The monoisotopic (exact) mass is 356 g/mol. The first-order valence-electron chi connectivity index (χ1n) is 8.04. The molecular formula is C17H17ClN6O. The topological polar surface area (TPSA) is 74.9 Å². The SMILES string of the molecule is Cn1ccc(C2N=NC3=C2CN(C(=O)Nc2cccc(Cl)c2)CC3)n1. The highest BCUT2D eigenvalue weighted by molar-refractivity contribution is 6.30. The van der Waals surface area contributed by atoms with Gasteiger partial charge in [0.25, 0.3) is 0 Å². The van der Waals surface area contributed by atoms with Gasteiger partial charge >= 0.3 is 6.03 Å². The Labute approximate surface area is 150 Å². The van der Waals surface area contributed by atoms with E-state index >= 15 is 0 Å². The molecule has 1 N–H and O–H groups in total. The fraction of sp³-hybridized carbons (Fsp3) is 0.294. The molecule has 0 aliphatic carbocycles. The molecule has 0 bridgehead atoms. The van der Waals surface area contributed by atoms with Gasteiger partial charge in [-0.1, -0.05) is 17.7 Å². The molecule has 0 saturated heterocycles. The van der Waals surface area contributed by atoms with Crippen molar-refractivity contribution in [3.63, 3.8) is 0 Å². The lowest BCUT2D eigenvalue weighted by atomic mass is 9.99. The van der Waals surface area contributed by atoms with Gasteiger partial charge in [0.05, 0.1) is 11.4 Å². The number of carbonyl (C=O) groups excluding carboxylic acids is 1. The minimum atomic E-state index is -0.196. The Morgan fingerprint density at radius 2 is 2.24 bits per heavy atom. The molecule has 0 spiro atoms. The van der Waals surface area contributed by atoms with Crippen LogP contribution in [0.4, 0.5) is 10.5 Å². The van der Waals surface area contributed by atoms with Crippen molar-refractivity contribution in [2.45, 2.75) is 12.5 Å². The standard InChI is InChI=1S/C17H17ClN6O/c1-23-7-5-15(22-23)16-13-10-24(8-6-14(13)20-21-16)17(25)19-12-4-2-3-11(18)9-12/h2-5,7,9,16H,6,8,10H2,1H3,(H,19,25). The van der Waals surface area contributed by atoms with Gasteiger partial charge in [-0.2, -0.15) is 15.3 Å². The Morgan fingerprint density at radius 3 is 3.00 bits per heavy atom. The van der Waals surface area contributed by atoms with Crippen LogP contribution in [0.1, 0.15) is 18.2 Å². The number of nitrogens with zero attached hydrogens (tertiary/aromatic N) is 5. The fourth-order valence-corrected chi connectivity index (χ4v) is 3.28. The van der Waals surface area contributed by atoms with Crippen LogP contribution in [0.15, 0.2) is 58.0 Å². The Balaban J connectivity index is 1.49. The number of amides is 2. The summed E-state index contributed by atoms with van der Waals surface area (Å²) < 4.78 is 1.75. The molecule has 25 heavy (non-hydrogen) atoms. The summed E-state index contributed by atoms with van der Waals surface area (Å²) in [6, 6.07) is 8.71. The second-order valence-electron chi connectivity index (χ2n) is 6.12. The number of nitrogens with one attached hydrogen (secondary N) is 1. The molecule has 2 aliphatic rings. The summed E-state index contributed by atoms with van der Waals surface area (Å²) in [5, 5.41) is 16.6. The van der Waals surface area contributed by atoms with E-state index in [1.807, 2.05) is 25.4 Å². The molecule has 3 heterocycles. The van der Waals surface area contributed by atoms with Gasteiger partial charge in [-0.05, 0) is 24.3 Å². The average molecular weight is 357 g/mol. The quantitative estimate of drug-likeness (QED) is 0.889. The molecule has 2 amide bonds. The van der Waals surface area contributed by atoms with Gasteiger partial charge in [-0.15, -0.1) is 0 Å². The summed E-state index contributed by atoms with van der Waals surface area (Å²) in [7, 11) is 1.87. The minimum absolute atomic E-state index is 0.152. The number of aryl methyl sites for hydroxylation is 1. The first-order chi connectivity index (χ1) is 12.1. The Kier molecular flexibility index (Phi) is 4.01. The highest BCUT2D eigenvalue weighted by Crippen LogP contribution is 2.38. The van der Waals surface area contributed by atoms with E-state index < -0.39 is 0 Å². The van der Waals surface area contributed by atoms with Crippen LogP contribution >= 0.6 is 11.6 Å². The zero-order chi connectivity index (χ0) is 17.4. The number of rotatable bonds is 2. The summed E-state index contributed by atoms with van der Waals surface area (Å²) in [6.07, 6.45) is 2.58. The molecule has 7 nitrogen and oxygen atoms in total. The predicted octanol–water partition coefficient (Wildman–Crippen LogP) is 3.77. The molecule has 0 fully saturated rings. The first-order valence-corrected chi connectivity index (χ1v) is 8.42. The lowest BCUT2D eigenvalue weighted by molar-refractivity contribution is 0.213. The molecule has 1 unspecified atom stereocenters. The normalized spacial score (nSPS) is 19.3. The van der Waals surface area contributed by atoms with E-state index in [0.717, 1.165) is 17.0 Å². The summed E-state index contributed by atoms with van der Waals surface area (Å²) >= 11 is 5.97. The van der Waals surface area contributed by atoms with Crippen LogP contribution in [0.5, 0.6) is 0 Å². The molecule has 8 heteroatoms. The highest BCUT2D eigenvalue weighted by Gasteiger charge is 2.33. The van der Waals surface area contributed by atoms with E-state index in [1.165, 1.54) is 0 Å². The van der Waals surface area contributed by atoms with Crippen molar-refractivity contribution in [1.82, 2.24) is 14.7 Å². The van der Waals surface area contributed by atoms with Gasteiger partial charge < -0.3 is 10.2 Å². The molecule has 2 aliphatic heterocycles. The number of hydrogen-bond acceptors (Lipinski definition) is 4. The van der Waals surface area contributed by atoms with Gasteiger partial charge in [0, 0.05) is 49.0 Å². The lowest BCUT2D eigenvalue weighted by Gasteiger charge is -2.28. The molecular weight excluding hydrogens is 340 g/mol. The van der Waals surface area contributed by atoms with Crippen molar-refractivity contribution in [1.29, 1.82) is 0 Å². The molecule has 128 valence electrons. The second kappa shape index (κ2) is 6.33. The number of carbonyl (C=O) groups is 1. The maximum atomic E-state index is 12.6. The molecule has 0 radical (unpaired) electrons. The predicted molar refractivity (Wildman–Crippen MR) is 94.5 cm³/mol. The summed E-state index contributed by atoms with van der Waals surface area (Å²) in [4.78, 5) is 14.4. The number of anilines is 1. The van der Waals surface area contributed by atoms with Gasteiger partial charge in [0.1, 0.15) is 6.04 Å². The maximum absolute atomic E-state index is 12.6. The third-order valence-electron chi connectivity index (χ3n) is 4.35. The van der Waals surface area contributed by atoms with E-state index in [1.54, 1.807) is 27.8 Å². The fourth-order valence-electron chi connectivity index (χ4n) is 3.09. The summed E-state index contributed by atoms with van der Waals surface area (Å²) in [6.45, 7) is 1.11. The van der Waals surface area contributed by atoms with E-state index in [-0.39, 0.29) is 12.1 Å². The summed E-state index contributed by atoms with van der Waals surface area (Å²) in [5.41, 5.74) is 3.56. The second-order valence-corrected chi connectivity index (χ2v) is 6.55. The first kappa shape index (κ1) is 15.8. The number of hydrogen-bond donors (Lipinski definition) is 1. The number of benzene rings is 1. The van der Waals surface area contributed by atoms with Crippen molar-refractivity contribution in [2.75, 3.05) is 18.4 Å². The smallest absolute Gasteiger partial charge is 0.320 e. The summed E-state index contributed by atoms with van der Waals surface area (Å²) in [5.74, 6) is 0. The van der Waals surface area contributed by atoms with E-state index in [9.17, 15) is 4.79 Å². The highest BCUT2D eigenvalue weighted by atomic mass is 35.5. The molecule has 4 rings (SSSR count). The van der Waals surface area contributed by atoms with Crippen molar-refractivity contribution in [3.8, 4) is 0 Å². The average Bonchev–Trinajstić information content (AvgIpc) is 3.20. The Morgan fingerprint density at radius 1 is 1.36 bits per heavy atom. The zero-order valence-electron chi connectivity index (χ0n) is 13.7. The number of aromatic nitrogens is 2. The van der Waals surface area contributed by atoms with Crippen LogP contribution < -0.4 is 5.32 Å². The number of azo groups is 1. The maximum Gasteiger partial charge on any atom is 0.322 e. The molecule has 1 atom stereocenters. The molecule has 1 aromatic carbocycles. The molecule has 1 aromatic heterocycles. The largest absolute Gasteiger partial charge is 0.322 e. The van der Waals surface area contributed by atoms with Gasteiger partial charge in [0.2, 0.25) is 0 Å². The van der Waals surface area contributed by atoms with Gasteiger partial charge in [0.15, 0.2) is 0 Å². The number of urea groups is 1. The third-order valence-corrected chi connectivity index (χ3v) is 4.59. The van der Waals surface area contributed by atoms with Crippen molar-refractivity contribution >= 4 is 23.3 Å². The van der Waals surface area contributed by atoms with E-state index in [4.69, 9.17) is 11.6 Å². The van der Waals surface area contributed by atoms with Crippen LogP contribution in [-0.4, -0.2) is 33.8 Å². The van der Waals surface area contributed by atoms with Crippen molar-refractivity contribution in [2.24, 2.45) is 17.3 Å². The Hall–Kier alpha value is -2.67. The molecule has 0 saturated carbocycles. The third kappa shape index (κ3) is 3.15.